The molecule has 0 radical (unpaired) electrons. The SMILES string of the molecule is Cc1cccc(NS(=O)(=O)CCC2CCNCC2)c1. The molecule has 1 heterocycles. The Morgan fingerprint density at radius 2 is 2.05 bits per heavy atom. The van der Waals surface area contributed by atoms with Crippen molar-refractivity contribution in [3.8, 4) is 0 Å². The van der Waals surface area contributed by atoms with Gasteiger partial charge in [0.25, 0.3) is 0 Å². The van der Waals surface area contributed by atoms with Crippen molar-refractivity contribution in [1.82, 2.24) is 5.32 Å². The van der Waals surface area contributed by atoms with E-state index in [2.05, 4.69) is 10.0 Å². The van der Waals surface area contributed by atoms with E-state index in [-0.39, 0.29) is 5.75 Å². The topological polar surface area (TPSA) is 58.2 Å². The van der Waals surface area contributed by atoms with Crippen molar-refractivity contribution >= 4 is 15.7 Å². The molecule has 1 aliphatic rings. The van der Waals surface area contributed by atoms with E-state index in [0.29, 0.717) is 11.6 Å². The molecule has 4 nitrogen and oxygen atoms in total. The minimum Gasteiger partial charge on any atom is -0.317 e. The Morgan fingerprint density at radius 3 is 2.74 bits per heavy atom. The molecule has 0 spiro atoms. The minimum absolute atomic E-state index is 0.214. The van der Waals surface area contributed by atoms with E-state index in [9.17, 15) is 8.42 Å². The van der Waals surface area contributed by atoms with E-state index in [4.69, 9.17) is 0 Å². The third kappa shape index (κ3) is 4.84. The summed E-state index contributed by atoms with van der Waals surface area (Å²) in [6, 6.07) is 7.45. The molecule has 106 valence electrons. The fourth-order valence-electron chi connectivity index (χ4n) is 2.43. The first-order valence-corrected chi connectivity index (χ1v) is 8.48. The zero-order valence-corrected chi connectivity index (χ0v) is 12.2. The Morgan fingerprint density at radius 1 is 1.32 bits per heavy atom. The summed E-state index contributed by atoms with van der Waals surface area (Å²) < 4.78 is 26.7. The van der Waals surface area contributed by atoms with Crippen LogP contribution in [0.4, 0.5) is 5.69 Å². The van der Waals surface area contributed by atoms with Crippen LogP contribution in [-0.4, -0.2) is 27.3 Å². The summed E-state index contributed by atoms with van der Waals surface area (Å²) in [5, 5.41) is 3.29. The maximum atomic E-state index is 12.0. The molecule has 2 N–H and O–H groups in total. The standard InChI is InChI=1S/C14H22N2O2S/c1-12-3-2-4-14(11-12)16-19(17,18)10-7-13-5-8-15-9-6-13/h2-4,11,13,15-16H,5-10H2,1H3. The van der Waals surface area contributed by atoms with Crippen LogP contribution < -0.4 is 10.0 Å². The molecule has 0 amide bonds. The van der Waals surface area contributed by atoms with E-state index in [1.165, 1.54) is 0 Å². The molecule has 1 aromatic carbocycles. The van der Waals surface area contributed by atoms with Crippen LogP contribution in [0.5, 0.6) is 0 Å². The normalized spacial score (nSPS) is 17.3. The van der Waals surface area contributed by atoms with Crippen LogP contribution in [-0.2, 0) is 10.0 Å². The number of nitrogens with one attached hydrogen (secondary N) is 2. The lowest BCUT2D eigenvalue weighted by atomic mass is 9.96. The zero-order valence-electron chi connectivity index (χ0n) is 11.4. The highest BCUT2D eigenvalue weighted by atomic mass is 32.2. The molecule has 5 heteroatoms. The number of hydrogen-bond acceptors (Lipinski definition) is 3. The monoisotopic (exact) mass is 282 g/mol. The van der Waals surface area contributed by atoms with Crippen molar-refractivity contribution in [1.29, 1.82) is 0 Å². The second-order valence-electron chi connectivity index (χ2n) is 5.27. The van der Waals surface area contributed by atoms with Crippen LogP contribution in [0.25, 0.3) is 0 Å². The summed E-state index contributed by atoms with van der Waals surface area (Å²) in [5.74, 6) is 0.751. The van der Waals surface area contributed by atoms with Gasteiger partial charge in [-0.15, -0.1) is 0 Å². The van der Waals surface area contributed by atoms with E-state index in [1.54, 1.807) is 6.07 Å². The molecule has 2 rings (SSSR count). The molecule has 0 atom stereocenters. The van der Waals surface area contributed by atoms with Crippen LogP contribution in [0, 0.1) is 12.8 Å². The summed E-state index contributed by atoms with van der Waals surface area (Å²) in [7, 11) is -3.22. The molecule has 1 aromatic rings. The number of aryl methyl sites for hydroxylation is 1. The van der Waals surface area contributed by atoms with Crippen LogP contribution in [0.1, 0.15) is 24.8 Å². The molecule has 0 unspecified atom stereocenters. The average molecular weight is 282 g/mol. The van der Waals surface area contributed by atoms with E-state index in [1.807, 2.05) is 25.1 Å². The number of sulfonamides is 1. The second-order valence-corrected chi connectivity index (χ2v) is 7.11. The first-order valence-electron chi connectivity index (χ1n) is 6.83. The lowest BCUT2D eigenvalue weighted by Crippen LogP contribution is -2.29. The van der Waals surface area contributed by atoms with Gasteiger partial charge in [-0.1, -0.05) is 12.1 Å². The third-order valence-electron chi connectivity index (χ3n) is 3.54. The van der Waals surface area contributed by atoms with Crippen molar-refractivity contribution in [2.24, 2.45) is 5.92 Å². The first-order chi connectivity index (χ1) is 9.05. The molecule has 19 heavy (non-hydrogen) atoms. The van der Waals surface area contributed by atoms with Crippen molar-refractivity contribution in [2.75, 3.05) is 23.6 Å². The number of anilines is 1. The largest absolute Gasteiger partial charge is 0.317 e. The summed E-state index contributed by atoms with van der Waals surface area (Å²) in [5.41, 5.74) is 1.71. The van der Waals surface area contributed by atoms with Crippen molar-refractivity contribution < 1.29 is 8.42 Å². The predicted octanol–water partition coefficient (Wildman–Crippen LogP) is 2.13. The van der Waals surface area contributed by atoms with Crippen LogP contribution >= 0.6 is 0 Å². The highest BCUT2D eigenvalue weighted by Gasteiger charge is 2.17. The molecule has 0 bridgehead atoms. The third-order valence-corrected chi connectivity index (χ3v) is 4.86. The highest BCUT2D eigenvalue weighted by Crippen LogP contribution is 2.18. The van der Waals surface area contributed by atoms with Gasteiger partial charge in [0.05, 0.1) is 5.75 Å². The number of rotatable bonds is 5. The second kappa shape index (κ2) is 6.39. The summed E-state index contributed by atoms with van der Waals surface area (Å²) in [6.07, 6.45) is 2.92. The quantitative estimate of drug-likeness (QED) is 0.870. The van der Waals surface area contributed by atoms with Gasteiger partial charge < -0.3 is 5.32 Å². The van der Waals surface area contributed by atoms with E-state index < -0.39 is 10.0 Å². The molecule has 0 aliphatic carbocycles. The van der Waals surface area contributed by atoms with Gasteiger partial charge in [-0.2, -0.15) is 0 Å². The smallest absolute Gasteiger partial charge is 0.232 e. The Hall–Kier alpha value is -1.07. The highest BCUT2D eigenvalue weighted by molar-refractivity contribution is 7.92. The Bertz CT molecular complexity index is 508. The summed E-state index contributed by atoms with van der Waals surface area (Å²) in [6.45, 7) is 3.97. The van der Waals surface area contributed by atoms with Gasteiger partial charge in [0.2, 0.25) is 10.0 Å². The summed E-state index contributed by atoms with van der Waals surface area (Å²) >= 11 is 0. The number of hydrogen-bond donors (Lipinski definition) is 2. The van der Waals surface area contributed by atoms with E-state index in [0.717, 1.165) is 37.9 Å². The Kier molecular flexibility index (Phi) is 4.82. The average Bonchev–Trinajstić information content (AvgIpc) is 2.37. The maximum Gasteiger partial charge on any atom is 0.232 e. The van der Waals surface area contributed by atoms with Crippen LogP contribution in [0.15, 0.2) is 24.3 Å². The molecule has 0 saturated carbocycles. The maximum absolute atomic E-state index is 12.0. The van der Waals surface area contributed by atoms with Gasteiger partial charge >= 0.3 is 0 Å². The van der Waals surface area contributed by atoms with Crippen molar-refractivity contribution in [2.45, 2.75) is 26.2 Å². The van der Waals surface area contributed by atoms with Gasteiger partial charge in [0.1, 0.15) is 0 Å². The molecule has 1 saturated heterocycles. The molecular formula is C14H22N2O2S. The Labute approximate surface area is 115 Å². The molecule has 1 fully saturated rings. The molecule has 0 aromatic heterocycles. The zero-order chi connectivity index (χ0) is 13.7. The lowest BCUT2D eigenvalue weighted by molar-refractivity contribution is 0.365. The lowest BCUT2D eigenvalue weighted by Gasteiger charge is -2.22. The minimum atomic E-state index is -3.22. The van der Waals surface area contributed by atoms with E-state index >= 15 is 0 Å². The van der Waals surface area contributed by atoms with Gasteiger partial charge in [0, 0.05) is 5.69 Å². The fourth-order valence-corrected chi connectivity index (χ4v) is 3.66. The number of piperidine rings is 1. The van der Waals surface area contributed by atoms with Gasteiger partial charge in [-0.25, -0.2) is 8.42 Å². The van der Waals surface area contributed by atoms with Gasteiger partial charge in [-0.05, 0) is 62.9 Å². The molecule has 1 aliphatic heterocycles. The fraction of sp³-hybridized carbons (Fsp3) is 0.571. The predicted molar refractivity (Wildman–Crippen MR) is 78.8 cm³/mol. The van der Waals surface area contributed by atoms with Crippen molar-refractivity contribution in [3.05, 3.63) is 29.8 Å². The van der Waals surface area contributed by atoms with Crippen LogP contribution in [0.2, 0.25) is 0 Å². The van der Waals surface area contributed by atoms with Gasteiger partial charge in [0.15, 0.2) is 0 Å². The summed E-state index contributed by atoms with van der Waals surface area (Å²) in [4.78, 5) is 0. The Balaban J connectivity index is 1.87. The van der Waals surface area contributed by atoms with Crippen LogP contribution in [0.3, 0.4) is 0 Å². The number of benzene rings is 1. The molecular weight excluding hydrogens is 260 g/mol. The van der Waals surface area contributed by atoms with Crippen molar-refractivity contribution in [3.63, 3.8) is 0 Å². The first kappa shape index (κ1) is 14.3. The van der Waals surface area contributed by atoms with Gasteiger partial charge in [-0.3, -0.25) is 4.72 Å².